The summed E-state index contributed by atoms with van der Waals surface area (Å²) in [6.07, 6.45) is 6.10. The Morgan fingerprint density at radius 2 is 1.94 bits per heavy atom. The zero-order chi connectivity index (χ0) is 11.4. The molecule has 1 aliphatic carbocycles. The van der Waals surface area contributed by atoms with Gasteiger partial charge in [0.1, 0.15) is 0 Å². The van der Waals surface area contributed by atoms with Crippen LogP contribution in [-0.4, -0.2) is 28.2 Å². The van der Waals surface area contributed by atoms with Crippen molar-refractivity contribution in [3.8, 4) is 0 Å². The van der Waals surface area contributed by atoms with E-state index in [2.05, 4.69) is 28.3 Å². The summed E-state index contributed by atoms with van der Waals surface area (Å²) in [6.45, 7) is 9.71. The number of hydrogen-bond acceptors (Lipinski definition) is 4. The zero-order valence-corrected chi connectivity index (χ0v) is 9.43. The second kappa shape index (κ2) is 5.07. The van der Waals surface area contributed by atoms with E-state index in [1.165, 1.54) is 12.8 Å². The molecule has 0 N–H and O–H groups in total. The van der Waals surface area contributed by atoms with E-state index in [0.717, 1.165) is 19.0 Å². The molecule has 0 aliphatic heterocycles. The van der Waals surface area contributed by atoms with Crippen molar-refractivity contribution in [2.24, 2.45) is 0 Å². The average molecular weight is 219 g/mol. The van der Waals surface area contributed by atoms with E-state index < -0.39 is 0 Å². The molecule has 0 atom stereocenters. The summed E-state index contributed by atoms with van der Waals surface area (Å²) in [4.78, 5) is 2.14. The van der Waals surface area contributed by atoms with E-state index in [4.69, 9.17) is 4.42 Å². The molecule has 16 heavy (non-hydrogen) atoms. The number of aromatic nitrogens is 2. The summed E-state index contributed by atoms with van der Waals surface area (Å²) in [5.41, 5.74) is 0. The van der Waals surface area contributed by atoms with Crippen molar-refractivity contribution >= 4 is 0 Å². The number of rotatable bonds is 7. The number of hydrogen-bond donors (Lipinski definition) is 0. The van der Waals surface area contributed by atoms with Crippen LogP contribution in [0.1, 0.15) is 30.5 Å². The fourth-order valence-electron chi connectivity index (χ4n) is 1.59. The van der Waals surface area contributed by atoms with Gasteiger partial charge < -0.3 is 4.42 Å². The van der Waals surface area contributed by atoms with Crippen LogP contribution in [0.5, 0.6) is 0 Å². The largest absolute Gasteiger partial charge is 0.424 e. The highest BCUT2D eigenvalue weighted by atomic mass is 16.4. The molecule has 4 nitrogen and oxygen atoms in total. The Balaban J connectivity index is 1.93. The molecule has 0 saturated heterocycles. The first-order valence-corrected chi connectivity index (χ1v) is 5.60. The molecule has 1 aromatic heterocycles. The minimum absolute atomic E-state index is 0.522. The molecule has 0 amide bonds. The van der Waals surface area contributed by atoms with Gasteiger partial charge in [-0.25, -0.2) is 0 Å². The minimum atomic E-state index is 0.522. The normalized spacial score (nSPS) is 15.3. The van der Waals surface area contributed by atoms with Gasteiger partial charge in [0.2, 0.25) is 11.8 Å². The lowest BCUT2D eigenvalue weighted by Crippen LogP contribution is -2.23. The molecular weight excluding hydrogens is 202 g/mol. The first-order chi connectivity index (χ1) is 7.83. The smallest absolute Gasteiger partial charge is 0.230 e. The zero-order valence-electron chi connectivity index (χ0n) is 9.43. The van der Waals surface area contributed by atoms with E-state index in [1.807, 2.05) is 12.2 Å². The van der Waals surface area contributed by atoms with Gasteiger partial charge in [-0.3, -0.25) is 4.90 Å². The van der Waals surface area contributed by atoms with Gasteiger partial charge in [0.25, 0.3) is 0 Å². The Kier molecular flexibility index (Phi) is 3.51. The van der Waals surface area contributed by atoms with Crippen LogP contribution in [0.2, 0.25) is 0 Å². The Labute approximate surface area is 95.7 Å². The Hall–Kier alpha value is -1.42. The highest BCUT2D eigenvalue weighted by Crippen LogP contribution is 2.39. The van der Waals surface area contributed by atoms with Crippen LogP contribution in [0.25, 0.3) is 0 Å². The summed E-state index contributed by atoms with van der Waals surface area (Å²) in [6, 6.07) is 0. The van der Waals surface area contributed by atoms with Gasteiger partial charge in [0, 0.05) is 19.0 Å². The monoisotopic (exact) mass is 219 g/mol. The quantitative estimate of drug-likeness (QED) is 0.659. The molecule has 1 fully saturated rings. The Morgan fingerprint density at radius 3 is 2.50 bits per heavy atom. The van der Waals surface area contributed by atoms with E-state index in [0.29, 0.717) is 18.4 Å². The molecule has 0 spiro atoms. The Morgan fingerprint density at radius 1 is 1.25 bits per heavy atom. The van der Waals surface area contributed by atoms with E-state index in [1.54, 1.807) is 0 Å². The lowest BCUT2D eigenvalue weighted by molar-refractivity contribution is 0.283. The first-order valence-electron chi connectivity index (χ1n) is 5.60. The topological polar surface area (TPSA) is 42.2 Å². The molecule has 0 aromatic carbocycles. The summed E-state index contributed by atoms with van der Waals surface area (Å²) in [5, 5.41) is 8.11. The van der Waals surface area contributed by atoms with Crippen molar-refractivity contribution in [3.63, 3.8) is 0 Å². The third kappa shape index (κ3) is 2.79. The molecule has 1 saturated carbocycles. The van der Waals surface area contributed by atoms with Crippen LogP contribution in [0.15, 0.2) is 29.7 Å². The molecule has 1 heterocycles. The number of nitrogens with zero attached hydrogens (tertiary/aromatic N) is 3. The minimum Gasteiger partial charge on any atom is -0.424 e. The van der Waals surface area contributed by atoms with Crippen LogP contribution < -0.4 is 0 Å². The first kappa shape index (κ1) is 11.1. The van der Waals surface area contributed by atoms with Crippen molar-refractivity contribution < 1.29 is 4.42 Å². The molecule has 86 valence electrons. The third-order valence-electron chi connectivity index (χ3n) is 2.54. The lowest BCUT2D eigenvalue weighted by Gasteiger charge is -2.15. The maximum Gasteiger partial charge on any atom is 0.230 e. The van der Waals surface area contributed by atoms with Crippen molar-refractivity contribution in [1.29, 1.82) is 0 Å². The summed E-state index contributed by atoms with van der Waals surface area (Å²) in [7, 11) is 0. The van der Waals surface area contributed by atoms with Gasteiger partial charge >= 0.3 is 0 Å². The SMILES string of the molecule is C=CCN(CC=C)Cc1nnc(C2CC2)o1. The molecule has 2 rings (SSSR count). The molecule has 0 radical (unpaired) electrons. The van der Waals surface area contributed by atoms with Gasteiger partial charge in [-0.1, -0.05) is 12.2 Å². The van der Waals surface area contributed by atoms with Crippen LogP contribution in [0.4, 0.5) is 0 Å². The molecule has 4 heteroatoms. The van der Waals surface area contributed by atoms with Crippen molar-refractivity contribution in [3.05, 3.63) is 37.1 Å². The van der Waals surface area contributed by atoms with Gasteiger partial charge in [0.15, 0.2) is 0 Å². The second-order valence-electron chi connectivity index (χ2n) is 4.08. The molecule has 1 aliphatic rings. The molecular formula is C12H17N3O. The van der Waals surface area contributed by atoms with Gasteiger partial charge in [-0.15, -0.1) is 23.4 Å². The van der Waals surface area contributed by atoms with Crippen molar-refractivity contribution in [2.75, 3.05) is 13.1 Å². The van der Waals surface area contributed by atoms with E-state index >= 15 is 0 Å². The summed E-state index contributed by atoms with van der Waals surface area (Å²) >= 11 is 0. The van der Waals surface area contributed by atoms with Crippen molar-refractivity contribution in [2.45, 2.75) is 25.3 Å². The third-order valence-corrected chi connectivity index (χ3v) is 2.54. The molecule has 0 unspecified atom stereocenters. The van der Waals surface area contributed by atoms with Gasteiger partial charge in [0.05, 0.1) is 6.54 Å². The highest BCUT2D eigenvalue weighted by molar-refractivity contribution is 5.00. The predicted octanol–water partition coefficient (Wildman–Crippen LogP) is 2.12. The van der Waals surface area contributed by atoms with E-state index in [-0.39, 0.29) is 0 Å². The van der Waals surface area contributed by atoms with Crippen LogP contribution in [-0.2, 0) is 6.54 Å². The van der Waals surface area contributed by atoms with Crippen LogP contribution >= 0.6 is 0 Å². The van der Waals surface area contributed by atoms with Crippen molar-refractivity contribution in [1.82, 2.24) is 15.1 Å². The fourth-order valence-corrected chi connectivity index (χ4v) is 1.59. The second-order valence-corrected chi connectivity index (χ2v) is 4.08. The Bertz CT molecular complexity index is 358. The average Bonchev–Trinajstić information content (AvgIpc) is 3.01. The highest BCUT2D eigenvalue weighted by Gasteiger charge is 2.29. The standard InChI is InChI=1S/C12H17N3O/c1-3-7-15(8-4-2)9-11-13-14-12(16-11)10-5-6-10/h3-4,10H,1-2,5-9H2. The predicted molar refractivity (Wildman–Crippen MR) is 61.9 cm³/mol. The van der Waals surface area contributed by atoms with Gasteiger partial charge in [-0.2, -0.15) is 0 Å². The van der Waals surface area contributed by atoms with Crippen LogP contribution in [0.3, 0.4) is 0 Å². The maximum absolute atomic E-state index is 5.60. The molecule has 0 bridgehead atoms. The summed E-state index contributed by atoms with van der Waals surface area (Å²) in [5.74, 6) is 2.01. The van der Waals surface area contributed by atoms with Crippen LogP contribution in [0, 0.1) is 0 Å². The molecule has 1 aromatic rings. The van der Waals surface area contributed by atoms with E-state index in [9.17, 15) is 0 Å². The summed E-state index contributed by atoms with van der Waals surface area (Å²) < 4.78 is 5.60. The maximum atomic E-state index is 5.60. The fraction of sp³-hybridized carbons (Fsp3) is 0.500. The van der Waals surface area contributed by atoms with Gasteiger partial charge in [-0.05, 0) is 12.8 Å². The lowest BCUT2D eigenvalue weighted by atomic mass is 10.4.